The molecule has 0 spiro atoms. The van der Waals surface area contributed by atoms with Crippen molar-refractivity contribution in [3.8, 4) is 0 Å². The summed E-state index contributed by atoms with van der Waals surface area (Å²) in [6, 6.07) is 15.9. The van der Waals surface area contributed by atoms with Gasteiger partial charge in [0.25, 0.3) is 5.91 Å². The second kappa shape index (κ2) is 8.41. The molecule has 148 valence electrons. The fourth-order valence-corrected chi connectivity index (χ4v) is 3.59. The highest BCUT2D eigenvalue weighted by Gasteiger charge is 2.33. The molecule has 2 aromatic rings. The molecule has 4 rings (SSSR count). The molecule has 2 heterocycles. The summed E-state index contributed by atoms with van der Waals surface area (Å²) in [7, 11) is 0. The minimum Gasteiger partial charge on any atom is -0.378 e. The fraction of sp³-hybridized carbons (Fsp3) is 0.261. The van der Waals surface area contributed by atoms with Crippen molar-refractivity contribution in [2.75, 3.05) is 42.6 Å². The lowest BCUT2D eigenvalue weighted by Gasteiger charge is -2.28. The maximum Gasteiger partial charge on any atom is 0.279 e. The minimum atomic E-state index is -0.148. The van der Waals surface area contributed by atoms with Gasteiger partial charge >= 0.3 is 0 Å². The van der Waals surface area contributed by atoms with Crippen molar-refractivity contribution in [1.82, 2.24) is 0 Å². The maximum absolute atomic E-state index is 12.8. The first-order chi connectivity index (χ1) is 14.2. The Morgan fingerprint density at radius 3 is 2.59 bits per heavy atom. The van der Waals surface area contributed by atoms with Crippen LogP contribution < -0.4 is 9.80 Å². The number of fused-ring (bicyclic) bond motifs is 1. The quantitative estimate of drug-likeness (QED) is 0.449. The summed E-state index contributed by atoms with van der Waals surface area (Å²) in [4.78, 5) is 16.8. The van der Waals surface area contributed by atoms with Crippen molar-refractivity contribution in [2.45, 2.75) is 6.92 Å². The summed E-state index contributed by atoms with van der Waals surface area (Å²) in [5.74, 6) is -0.148. The molecule has 1 fully saturated rings. The molecular formula is C23H24N4O2. The number of anilines is 2. The van der Waals surface area contributed by atoms with Crippen molar-refractivity contribution >= 4 is 28.7 Å². The van der Waals surface area contributed by atoms with Crippen LogP contribution in [0.5, 0.6) is 0 Å². The Hall–Kier alpha value is -3.25. The largest absolute Gasteiger partial charge is 0.378 e. The number of ether oxygens (including phenoxy) is 1. The predicted octanol–water partition coefficient (Wildman–Crippen LogP) is 3.27. The Morgan fingerprint density at radius 2 is 1.86 bits per heavy atom. The molecular weight excluding hydrogens is 364 g/mol. The van der Waals surface area contributed by atoms with Crippen molar-refractivity contribution < 1.29 is 9.53 Å². The number of morpholine rings is 1. The zero-order chi connectivity index (χ0) is 20.2. The van der Waals surface area contributed by atoms with Crippen LogP contribution in [0.15, 0.2) is 71.4 Å². The van der Waals surface area contributed by atoms with Gasteiger partial charge in [-0.05, 0) is 30.7 Å². The lowest BCUT2D eigenvalue weighted by Crippen LogP contribution is -2.36. The number of carbonyl (C=O) groups is 1. The number of amides is 1. The average Bonchev–Trinajstić information content (AvgIpc) is 3.04. The van der Waals surface area contributed by atoms with Gasteiger partial charge in [-0.2, -0.15) is 5.10 Å². The monoisotopic (exact) mass is 388 g/mol. The van der Waals surface area contributed by atoms with Crippen LogP contribution in [-0.4, -0.2) is 50.2 Å². The van der Waals surface area contributed by atoms with E-state index in [4.69, 9.17) is 4.74 Å². The molecule has 0 saturated carbocycles. The molecule has 0 bridgehead atoms. The number of carbonyl (C=O) groups excluding carboxylic acids is 1. The van der Waals surface area contributed by atoms with E-state index >= 15 is 0 Å². The lowest BCUT2D eigenvalue weighted by molar-refractivity contribution is -0.112. The van der Waals surface area contributed by atoms with Gasteiger partial charge in [0.05, 0.1) is 24.6 Å². The van der Waals surface area contributed by atoms with Gasteiger partial charge < -0.3 is 14.5 Å². The molecule has 0 unspecified atom stereocenters. The van der Waals surface area contributed by atoms with E-state index in [0.717, 1.165) is 48.8 Å². The molecule has 6 heteroatoms. The first kappa shape index (κ1) is 19.1. The third-order valence-electron chi connectivity index (χ3n) is 5.17. The Morgan fingerprint density at radius 1 is 1.14 bits per heavy atom. The van der Waals surface area contributed by atoms with E-state index in [2.05, 4.69) is 33.8 Å². The number of rotatable bonds is 5. The molecule has 0 N–H and O–H groups in total. The molecule has 2 aromatic carbocycles. The normalized spacial score (nSPS) is 18.3. The van der Waals surface area contributed by atoms with Gasteiger partial charge in [0.2, 0.25) is 0 Å². The SMILES string of the molecule is C=CCN1C(=O)/C(=N\N=C(\C)c2ccc(N3CCOCC3)cc2)c2ccccc21. The molecule has 2 aliphatic heterocycles. The molecule has 0 radical (unpaired) electrons. The van der Waals surface area contributed by atoms with Crippen LogP contribution in [0.1, 0.15) is 18.1 Å². The molecule has 29 heavy (non-hydrogen) atoms. The predicted molar refractivity (Wildman–Crippen MR) is 117 cm³/mol. The van der Waals surface area contributed by atoms with Gasteiger partial charge in [-0.25, -0.2) is 0 Å². The summed E-state index contributed by atoms with van der Waals surface area (Å²) < 4.78 is 5.41. The van der Waals surface area contributed by atoms with Gasteiger partial charge in [-0.3, -0.25) is 4.79 Å². The zero-order valence-electron chi connectivity index (χ0n) is 16.5. The summed E-state index contributed by atoms with van der Waals surface area (Å²) in [6.45, 7) is 9.42. The Balaban J connectivity index is 1.57. The van der Waals surface area contributed by atoms with E-state index in [0.29, 0.717) is 12.3 Å². The van der Waals surface area contributed by atoms with Crippen molar-refractivity contribution in [1.29, 1.82) is 0 Å². The molecule has 0 aromatic heterocycles. The van der Waals surface area contributed by atoms with Gasteiger partial charge in [0.1, 0.15) is 0 Å². The van der Waals surface area contributed by atoms with Gasteiger partial charge in [-0.15, -0.1) is 11.7 Å². The summed E-state index contributed by atoms with van der Waals surface area (Å²) in [5.41, 5.74) is 4.94. The van der Waals surface area contributed by atoms with E-state index in [1.807, 2.05) is 43.3 Å². The Kier molecular flexibility index (Phi) is 5.53. The molecule has 6 nitrogen and oxygen atoms in total. The van der Waals surface area contributed by atoms with Crippen molar-refractivity contribution in [3.05, 3.63) is 72.3 Å². The van der Waals surface area contributed by atoms with Crippen LogP contribution >= 0.6 is 0 Å². The molecule has 2 aliphatic rings. The van der Waals surface area contributed by atoms with E-state index < -0.39 is 0 Å². The number of para-hydroxylation sites is 1. The van der Waals surface area contributed by atoms with Crippen LogP contribution in [0.25, 0.3) is 0 Å². The second-order valence-corrected chi connectivity index (χ2v) is 7.00. The fourth-order valence-electron chi connectivity index (χ4n) is 3.59. The highest BCUT2D eigenvalue weighted by Crippen LogP contribution is 2.29. The van der Waals surface area contributed by atoms with E-state index in [1.54, 1.807) is 11.0 Å². The number of nitrogens with zero attached hydrogens (tertiary/aromatic N) is 4. The highest BCUT2D eigenvalue weighted by atomic mass is 16.5. The van der Waals surface area contributed by atoms with E-state index in [1.165, 1.54) is 5.69 Å². The van der Waals surface area contributed by atoms with E-state index in [9.17, 15) is 4.79 Å². The summed E-state index contributed by atoms with van der Waals surface area (Å²) >= 11 is 0. The van der Waals surface area contributed by atoms with Gasteiger partial charge in [0, 0.05) is 30.9 Å². The second-order valence-electron chi connectivity index (χ2n) is 7.00. The molecule has 1 saturated heterocycles. The molecule has 0 atom stereocenters. The van der Waals surface area contributed by atoms with Crippen LogP contribution in [0, 0.1) is 0 Å². The Bertz CT molecular complexity index is 973. The zero-order valence-corrected chi connectivity index (χ0v) is 16.5. The average molecular weight is 388 g/mol. The minimum absolute atomic E-state index is 0.148. The topological polar surface area (TPSA) is 57.5 Å². The van der Waals surface area contributed by atoms with Crippen molar-refractivity contribution in [2.24, 2.45) is 10.2 Å². The maximum atomic E-state index is 12.8. The van der Waals surface area contributed by atoms with Crippen LogP contribution in [0.3, 0.4) is 0 Å². The third kappa shape index (κ3) is 3.84. The number of hydrogen-bond donors (Lipinski definition) is 0. The smallest absolute Gasteiger partial charge is 0.279 e. The Labute approximate surface area is 170 Å². The van der Waals surface area contributed by atoms with Crippen LogP contribution in [0.2, 0.25) is 0 Å². The van der Waals surface area contributed by atoms with Gasteiger partial charge in [0.15, 0.2) is 5.71 Å². The summed E-state index contributed by atoms with van der Waals surface area (Å²) in [5, 5.41) is 8.68. The molecule has 1 amide bonds. The summed E-state index contributed by atoms with van der Waals surface area (Å²) in [6.07, 6.45) is 1.71. The van der Waals surface area contributed by atoms with Crippen molar-refractivity contribution in [3.63, 3.8) is 0 Å². The lowest BCUT2D eigenvalue weighted by atomic mass is 10.1. The first-order valence-corrected chi connectivity index (χ1v) is 9.76. The third-order valence-corrected chi connectivity index (χ3v) is 5.17. The standard InChI is InChI=1S/C23H24N4O2/c1-3-12-27-21-7-5-4-6-20(21)22(23(27)28)25-24-17(2)18-8-10-19(11-9-18)26-13-15-29-16-14-26/h3-11H,1,12-16H2,2H3/b24-17-,25-22-. The van der Waals surface area contributed by atoms with Gasteiger partial charge in [-0.1, -0.05) is 36.4 Å². The van der Waals surface area contributed by atoms with Crippen LogP contribution in [0.4, 0.5) is 11.4 Å². The van der Waals surface area contributed by atoms with E-state index in [-0.39, 0.29) is 5.91 Å². The van der Waals surface area contributed by atoms with Crippen LogP contribution in [-0.2, 0) is 9.53 Å². The number of hydrogen-bond acceptors (Lipinski definition) is 5. The highest BCUT2D eigenvalue weighted by molar-refractivity contribution is 6.54. The molecule has 0 aliphatic carbocycles. The number of benzene rings is 2. The first-order valence-electron chi connectivity index (χ1n) is 9.76.